The molecule has 4 bridgehead atoms. The van der Waals surface area contributed by atoms with Crippen LogP contribution in [0.1, 0.15) is 22.3 Å². The highest BCUT2D eigenvalue weighted by Crippen LogP contribution is 2.37. The Balaban J connectivity index is 1.57. The number of hydrogen-bond donors (Lipinski definition) is 0. The van der Waals surface area contributed by atoms with E-state index in [0.29, 0.717) is 0 Å². The van der Waals surface area contributed by atoms with Crippen LogP contribution in [0.15, 0.2) is 102 Å². The quantitative estimate of drug-likeness (QED) is 0.243. The molecule has 0 aliphatic heterocycles. The highest BCUT2D eigenvalue weighted by molar-refractivity contribution is 9.10. The van der Waals surface area contributed by atoms with Gasteiger partial charge in [0.25, 0.3) is 0 Å². The molecule has 33 heavy (non-hydrogen) atoms. The molecule has 2 heteroatoms. The molecule has 0 saturated carbocycles. The Morgan fingerprint density at radius 1 is 0.576 bits per heavy atom. The van der Waals surface area contributed by atoms with Crippen molar-refractivity contribution >= 4 is 26.8 Å². The van der Waals surface area contributed by atoms with Crippen molar-refractivity contribution in [1.82, 2.24) is 4.98 Å². The largest absolute Gasteiger partial charge is 0.247 e. The van der Waals surface area contributed by atoms with Crippen molar-refractivity contribution in [3.05, 3.63) is 124 Å². The van der Waals surface area contributed by atoms with Crippen LogP contribution in [0.2, 0.25) is 0 Å². The summed E-state index contributed by atoms with van der Waals surface area (Å²) >= 11 is 3.67. The summed E-state index contributed by atoms with van der Waals surface area (Å²) in [7, 11) is 0. The first-order chi connectivity index (χ1) is 16.2. The van der Waals surface area contributed by atoms with Gasteiger partial charge in [-0.1, -0.05) is 82.7 Å². The third kappa shape index (κ3) is 4.12. The molecule has 0 N–H and O–H groups in total. The van der Waals surface area contributed by atoms with Crippen LogP contribution in [0.4, 0.5) is 0 Å². The number of hydrogen-bond acceptors (Lipinski definition) is 1. The van der Waals surface area contributed by atoms with E-state index in [1.54, 1.807) is 0 Å². The van der Waals surface area contributed by atoms with Crippen molar-refractivity contribution < 1.29 is 0 Å². The van der Waals surface area contributed by atoms with Gasteiger partial charge in [-0.25, -0.2) is 4.98 Å². The second kappa shape index (κ2) is 8.61. The molecular weight excluding hydrogens is 466 g/mol. The van der Waals surface area contributed by atoms with Crippen molar-refractivity contribution in [2.45, 2.75) is 25.7 Å². The van der Waals surface area contributed by atoms with E-state index in [2.05, 4.69) is 113 Å². The SMILES string of the molecule is Brc1cccc(-c2cc3ccccc3nc2-c2cc3ccc2CCc2ccc(cc2)CC3)c1. The number of halogens is 1. The maximum Gasteiger partial charge on any atom is 0.0790 e. The van der Waals surface area contributed by atoms with Gasteiger partial charge in [0, 0.05) is 21.0 Å². The van der Waals surface area contributed by atoms with Crippen LogP contribution < -0.4 is 0 Å². The van der Waals surface area contributed by atoms with Gasteiger partial charge in [0.05, 0.1) is 11.2 Å². The van der Waals surface area contributed by atoms with Crippen LogP contribution in [-0.2, 0) is 25.7 Å². The van der Waals surface area contributed by atoms with Gasteiger partial charge in [-0.15, -0.1) is 0 Å². The summed E-state index contributed by atoms with van der Waals surface area (Å²) < 4.78 is 1.08. The molecule has 1 nitrogen and oxygen atoms in total. The second-order valence-corrected chi connectivity index (χ2v) is 9.81. The summed E-state index contributed by atoms with van der Waals surface area (Å²) in [5.41, 5.74) is 11.3. The predicted octanol–water partition coefficient (Wildman–Crippen LogP) is 8.22. The standard InChI is InChI=1S/C31H24BrN/c32-27-6-3-5-25(19-27)29-20-26-4-1-2-7-30(26)33-31(29)28-18-23-13-12-21-8-10-22(11-9-21)14-16-24(28)17-15-23/h1-11,15,17-20H,12-14,16H2. The van der Waals surface area contributed by atoms with Crippen molar-refractivity contribution in [3.63, 3.8) is 0 Å². The third-order valence-electron chi connectivity index (χ3n) is 6.70. The number of benzene rings is 4. The Kier molecular flexibility index (Phi) is 5.32. The van der Waals surface area contributed by atoms with Crippen molar-refractivity contribution in [2.75, 3.05) is 0 Å². The van der Waals surface area contributed by atoms with Gasteiger partial charge >= 0.3 is 0 Å². The first kappa shape index (κ1) is 20.4. The van der Waals surface area contributed by atoms with Crippen molar-refractivity contribution in [1.29, 1.82) is 0 Å². The Labute approximate surface area is 203 Å². The Morgan fingerprint density at radius 2 is 1.30 bits per heavy atom. The van der Waals surface area contributed by atoms with E-state index < -0.39 is 0 Å². The molecule has 0 amide bonds. The third-order valence-corrected chi connectivity index (χ3v) is 7.19. The number of nitrogens with zero attached hydrogens (tertiary/aromatic N) is 1. The van der Waals surface area contributed by atoms with Crippen LogP contribution in [0, 0.1) is 0 Å². The molecule has 5 aromatic rings. The first-order valence-electron chi connectivity index (χ1n) is 11.6. The Morgan fingerprint density at radius 3 is 2.12 bits per heavy atom. The summed E-state index contributed by atoms with van der Waals surface area (Å²) in [6, 6.07) is 35.5. The summed E-state index contributed by atoms with van der Waals surface area (Å²) in [6.07, 6.45) is 4.13. The molecule has 0 spiro atoms. The average molecular weight is 490 g/mol. The minimum absolute atomic E-state index is 1.00. The van der Waals surface area contributed by atoms with Gasteiger partial charge in [0.2, 0.25) is 0 Å². The zero-order chi connectivity index (χ0) is 22.2. The minimum atomic E-state index is 1.00. The van der Waals surface area contributed by atoms with E-state index in [1.807, 2.05) is 0 Å². The summed E-state index contributed by atoms with van der Waals surface area (Å²) in [6.45, 7) is 0. The summed E-state index contributed by atoms with van der Waals surface area (Å²) in [5.74, 6) is 0. The molecule has 9 rings (SSSR count). The molecule has 160 valence electrons. The maximum atomic E-state index is 5.25. The smallest absolute Gasteiger partial charge is 0.0790 e. The number of fused-ring (bicyclic) bond motifs is 1. The summed E-state index contributed by atoms with van der Waals surface area (Å²) in [4.78, 5) is 5.25. The van der Waals surface area contributed by atoms with Crippen LogP contribution in [-0.4, -0.2) is 4.98 Å². The van der Waals surface area contributed by atoms with Gasteiger partial charge in [-0.3, -0.25) is 0 Å². The minimum Gasteiger partial charge on any atom is -0.247 e. The number of aromatic nitrogens is 1. The van der Waals surface area contributed by atoms with Gasteiger partial charge in [0.1, 0.15) is 0 Å². The lowest BCUT2D eigenvalue weighted by Crippen LogP contribution is -2.02. The normalized spacial score (nSPS) is 13.1. The molecule has 1 aromatic heterocycles. The van der Waals surface area contributed by atoms with Crippen molar-refractivity contribution in [2.24, 2.45) is 0 Å². The zero-order valence-electron chi connectivity index (χ0n) is 18.4. The van der Waals surface area contributed by atoms with Gasteiger partial charge in [-0.05, 0) is 83.8 Å². The molecule has 0 atom stereocenters. The number of rotatable bonds is 2. The Bertz CT molecular complexity index is 1470. The molecule has 4 aliphatic rings. The molecule has 0 radical (unpaired) electrons. The average Bonchev–Trinajstić information content (AvgIpc) is 2.85. The molecule has 1 heterocycles. The van der Waals surface area contributed by atoms with Gasteiger partial charge in [0.15, 0.2) is 0 Å². The number of para-hydroxylation sites is 1. The molecule has 0 fully saturated rings. The zero-order valence-corrected chi connectivity index (χ0v) is 20.0. The molecule has 0 unspecified atom stereocenters. The highest BCUT2D eigenvalue weighted by atomic mass is 79.9. The van der Waals surface area contributed by atoms with Gasteiger partial charge in [-0.2, -0.15) is 0 Å². The fourth-order valence-corrected chi connectivity index (χ4v) is 5.25. The fourth-order valence-electron chi connectivity index (χ4n) is 4.86. The van der Waals surface area contributed by atoms with E-state index >= 15 is 0 Å². The lowest BCUT2D eigenvalue weighted by molar-refractivity contribution is 0.922. The number of pyridine rings is 1. The monoisotopic (exact) mass is 489 g/mol. The van der Waals surface area contributed by atoms with Crippen LogP contribution in [0.5, 0.6) is 0 Å². The Hall–Kier alpha value is -3.23. The second-order valence-electron chi connectivity index (χ2n) is 8.90. The number of aryl methyl sites for hydroxylation is 4. The maximum absolute atomic E-state index is 5.25. The highest BCUT2D eigenvalue weighted by Gasteiger charge is 2.16. The lowest BCUT2D eigenvalue weighted by atomic mass is 9.89. The van der Waals surface area contributed by atoms with E-state index in [1.165, 1.54) is 44.3 Å². The van der Waals surface area contributed by atoms with E-state index in [-0.39, 0.29) is 0 Å². The first-order valence-corrected chi connectivity index (χ1v) is 12.4. The van der Waals surface area contributed by atoms with E-state index in [9.17, 15) is 0 Å². The van der Waals surface area contributed by atoms with E-state index in [0.717, 1.165) is 41.4 Å². The fraction of sp³-hybridized carbons (Fsp3) is 0.129. The van der Waals surface area contributed by atoms with Crippen molar-refractivity contribution in [3.8, 4) is 22.4 Å². The molecule has 4 aliphatic carbocycles. The molecule has 4 aromatic carbocycles. The van der Waals surface area contributed by atoms with Crippen LogP contribution in [0.25, 0.3) is 33.3 Å². The summed E-state index contributed by atoms with van der Waals surface area (Å²) in [5, 5.41) is 1.17. The van der Waals surface area contributed by atoms with Crippen LogP contribution in [0.3, 0.4) is 0 Å². The van der Waals surface area contributed by atoms with Gasteiger partial charge < -0.3 is 0 Å². The van der Waals surface area contributed by atoms with Crippen LogP contribution >= 0.6 is 15.9 Å². The topological polar surface area (TPSA) is 12.9 Å². The molecular formula is C31H24BrN. The lowest BCUT2D eigenvalue weighted by Gasteiger charge is -2.17. The van der Waals surface area contributed by atoms with E-state index in [4.69, 9.17) is 4.98 Å². The molecule has 0 saturated heterocycles. The predicted molar refractivity (Wildman–Crippen MR) is 142 cm³/mol.